The second-order valence-corrected chi connectivity index (χ2v) is 3.07. The zero-order valence-corrected chi connectivity index (χ0v) is 7.59. The fourth-order valence-corrected chi connectivity index (χ4v) is 1.31. The van der Waals surface area contributed by atoms with E-state index in [1.54, 1.807) is 12.1 Å². The Morgan fingerprint density at radius 1 is 1.42 bits per heavy atom. The van der Waals surface area contributed by atoms with Gasteiger partial charge in [-0.05, 0) is 30.5 Å². The number of aromatic hydroxyl groups is 1. The van der Waals surface area contributed by atoms with E-state index in [0.717, 1.165) is 24.0 Å². The lowest BCUT2D eigenvalue weighted by Crippen LogP contribution is -1.95. The smallest absolute Gasteiger partial charge is 0.117 e. The first kappa shape index (κ1) is 8.91. The van der Waals surface area contributed by atoms with E-state index in [1.807, 2.05) is 6.92 Å². The van der Waals surface area contributed by atoms with Gasteiger partial charge in [0.05, 0.1) is 0 Å². The molecule has 0 radical (unpaired) electrons. The van der Waals surface area contributed by atoms with E-state index in [2.05, 4.69) is 6.92 Å². The van der Waals surface area contributed by atoms with Gasteiger partial charge in [-0.3, -0.25) is 0 Å². The normalized spacial score (nSPS) is 10.2. The van der Waals surface area contributed by atoms with Crippen LogP contribution in [0, 0.1) is 6.92 Å². The molecule has 0 amide bonds. The molecule has 0 aromatic heterocycles. The number of benzene rings is 1. The zero-order valence-electron chi connectivity index (χ0n) is 7.59. The van der Waals surface area contributed by atoms with E-state index in [-0.39, 0.29) is 5.75 Å². The van der Waals surface area contributed by atoms with Gasteiger partial charge in [0.15, 0.2) is 0 Å². The molecule has 1 aromatic rings. The average molecular weight is 165 g/mol. The third kappa shape index (κ3) is 1.70. The summed E-state index contributed by atoms with van der Waals surface area (Å²) < 4.78 is 0. The second kappa shape index (κ2) is 3.48. The first-order valence-electron chi connectivity index (χ1n) is 4.23. The minimum Gasteiger partial charge on any atom is -0.508 e. The summed E-state index contributed by atoms with van der Waals surface area (Å²) in [6.07, 6.45) is 2.05. The molecule has 0 saturated carbocycles. The number of aryl methyl sites for hydroxylation is 1. The van der Waals surface area contributed by atoms with Crippen molar-refractivity contribution in [1.29, 1.82) is 0 Å². The number of nitrogens with two attached hydrogens (primary N) is 1. The van der Waals surface area contributed by atoms with E-state index in [4.69, 9.17) is 5.73 Å². The Balaban J connectivity index is 3.09. The molecule has 2 nitrogen and oxygen atoms in total. The van der Waals surface area contributed by atoms with Gasteiger partial charge in [0.25, 0.3) is 0 Å². The predicted molar refractivity (Wildman–Crippen MR) is 51.3 cm³/mol. The molecule has 66 valence electrons. The second-order valence-electron chi connectivity index (χ2n) is 3.07. The molecule has 0 saturated heterocycles. The highest BCUT2D eigenvalue weighted by Crippen LogP contribution is 2.23. The van der Waals surface area contributed by atoms with E-state index < -0.39 is 0 Å². The van der Waals surface area contributed by atoms with Crippen LogP contribution in [0.5, 0.6) is 5.75 Å². The number of phenols is 1. The van der Waals surface area contributed by atoms with Crippen molar-refractivity contribution in [3.63, 3.8) is 0 Å². The molecule has 0 unspecified atom stereocenters. The van der Waals surface area contributed by atoms with Crippen LogP contribution in [0.2, 0.25) is 0 Å². The molecular weight excluding hydrogens is 150 g/mol. The summed E-state index contributed by atoms with van der Waals surface area (Å²) in [7, 11) is 0. The highest BCUT2D eigenvalue weighted by Gasteiger charge is 2.02. The van der Waals surface area contributed by atoms with Gasteiger partial charge < -0.3 is 10.8 Å². The fraction of sp³-hybridized carbons (Fsp3) is 0.400. The molecular formula is C10H15NO. The van der Waals surface area contributed by atoms with Gasteiger partial charge in [0.2, 0.25) is 0 Å². The van der Waals surface area contributed by atoms with Gasteiger partial charge in [0.1, 0.15) is 5.75 Å². The Hall–Kier alpha value is -1.18. The Morgan fingerprint density at radius 3 is 2.67 bits per heavy atom. The molecule has 1 aromatic carbocycles. The van der Waals surface area contributed by atoms with Crippen molar-refractivity contribution in [1.82, 2.24) is 0 Å². The van der Waals surface area contributed by atoms with Crippen LogP contribution in [0.4, 0.5) is 5.69 Å². The predicted octanol–water partition coefficient (Wildman–Crippen LogP) is 2.24. The molecule has 1 rings (SSSR count). The highest BCUT2D eigenvalue weighted by molar-refractivity contribution is 5.54. The Morgan fingerprint density at radius 2 is 2.08 bits per heavy atom. The van der Waals surface area contributed by atoms with E-state index >= 15 is 0 Å². The summed E-state index contributed by atoms with van der Waals surface area (Å²) in [6, 6.07) is 3.38. The zero-order chi connectivity index (χ0) is 9.14. The van der Waals surface area contributed by atoms with Crippen molar-refractivity contribution >= 4 is 5.69 Å². The van der Waals surface area contributed by atoms with Crippen molar-refractivity contribution in [2.45, 2.75) is 26.7 Å². The number of hydrogen-bond donors (Lipinski definition) is 2. The summed E-state index contributed by atoms with van der Waals surface area (Å²) in [5, 5.41) is 9.26. The van der Waals surface area contributed by atoms with Gasteiger partial charge in [-0.15, -0.1) is 0 Å². The van der Waals surface area contributed by atoms with Crippen LogP contribution >= 0.6 is 0 Å². The number of anilines is 1. The molecule has 2 heteroatoms. The van der Waals surface area contributed by atoms with Crippen molar-refractivity contribution < 1.29 is 5.11 Å². The number of hydrogen-bond acceptors (Lipinski definition) is 2. The molecule has 0 aliphatic rings. The van der Waals surface area contributed by atoms with Crippen LogP contribution in [0.1, 0.15) is 24.5 Å². The maximum Gasteiger partial charge on any atom is 0.117 e. The maximum atomic E-state index is 9.26. The average Bonchev–Trinajstić information content (AvgIpc) is 2.00. The Kier molecular flexibility index (Phi) is 2.58. The van der Waals surface area contributed by atoms with Crippen LogP contribution < -0.4 is 5.73 Å². The third-order valence-corrected chi connectivity index (χ3v) is 2.06. The van der Waals surface area contributed by atoms with E-state index in [1.165, 1.54) is 0 Å². The van der Waals surface area contributed by atoms with Crippen molar-refractivity contribution in [3.05, 3.63) is 23.3 Å². The van der Waals surface area contributed by atoms with Gasteiger partial charge in [-0.1, -0.05) is 13.3 Å². The molecule has 3 N–H and O–H groups in total. The first-order valence-corrected chi connectivity index (χ1v) is 4.23. The summed E-state index contributed by atoms with van der Waals surface area (Å²) in [5.74, 6) is 0.265. The van der Waals surface area contributed by atoms with Crippen LogP contribution in [-0.4, -0.2) is 5.11 Å². The fourth-order valence-electron chi connectivity index (χ4n) is 1.31. The van der Waals surface area contributed by atoms with Crippen LogP contribution in [0.15, 0.2) is 12.1 Å². The first-order chi connectivity index (χ1) is 5.65. The van der Waals surface area contributed by atoms with Crippen LogP contribution in [0.25, 0.3) is 0 Å². The summed E-state index contributed by atoms with van der Waals surface area (Å²) >= 11 is 0. The molecule has 0 aliphatic carbocycles. The monoisotopic (exact) mass is 165 g/mol. The van der Waals surface area contributed by atoms with Gasteiger partial charge in [0, 0.05) is 11.8 Å². The number of nitrogen functional groups attached to an aromatic ring is 1. The third-order valence-electron chi connectivity index (χ3n) is 2.06. The lowest BCUT2D eigenvalue weighted by atomic mass is 10.0. The standard InChI is InChI=1S/C10H15NO/c1-3-4-8-5-9(12)6-10(11)7(8)2/h5-6,12H,3-4,11H2,1-2H3. The Labute approximate surface area is 73.0 Å². The molecule has 12 heavy (non-hydrogen) atoms. The number of phenolic OH excluding ortho intramolecular Hbond substituents is 1. The van der Waals surface area contributed by atoms with Crippen LogP contribution in [0.3, 0.4) is 0 Å². The highest BCUT2D eigenvalue weighted by atomic mass is 16.3. The molecule has 0 heterocycles. The molecule has 0 atom stereocenters. The quantitative estimate of drug-likeness (QED) is 0.660. The van der Waals surface area contributed by atoms with Crippen molar-refractivity contribution in [3.8, 4) is 5.75 Å². The summed E-state index contributed by atoms with van der Waals surface area (Å²) in [6.45, 7) is 4.10. The lowest BCUT2D eigenvalue weighted by molar-refractivity contribution is 0.474. The minimum atomic E-state index is 0.265. The minimum absolute atomic E-state index is 0.265. The van der Waals surface area contributed by atoms with Gasteiger partial charge in [-0.25, -0.2) is 0 Å². The molecule has 0 fully saturated rings. The van der Waals surface area contributed by atoms with E-state index in [9.17, 15) is 5.11 Å². The molecule has 0 aliphatic heterocycles. The van der Waals surface area contributed by atoms with Crippen molar-refractivity contribution in [2.75, 3.05) is 5.73 Å². The molecule has 0 bridgehead atoms. The van der Waals surface area contributed by atoms with Gasteiger partial charge in [-0.2, -0.15) is 0 Å². The van der Waals surface area contributed by atoms with Gasteiger partial charge >= 0.3 is 0 Å². The lowest BCUT2D eigenvalue weighted by Gasteiger charge is -2.07. The number of rotatable bonds is 2. The maximum absolute atomic E-state index is 9.26. The Bertz CT molecular complexity index is 281. The largest absolute Gasteiger partial charge is 0.508 e. The summed E-state index contributed by atoms with van der Waals surface area (Å²) in [4.78, 5) is 0. The molecule has 0 spiro atoms. The summed E-state index contributed by atoms with van der Waals surface area (Å²) in [5.41, 5.74) is 8.61. The van der Waals surface area contributed by atoms with Crippen molar-refractivity contribution in [2.24, 2.45) is 0 Å². The van der Waals surface area contributed by atoms with Crippen LogP contribution in [-0.2, 0) is 6.42 Å². The van der Waals surface area contributed by atoms with E-state index in [0.29, 0.717) is 5.69 Å². The topological polar surface area (TPSA) is 46.2 Å². The SMILES string of the molecule is CCCc1cc(O)cc(N)c1C.